The van der Waals surface area contributed by atoms with E-state index in [9.17, 15) is 9.18 Å². The number of piperidine rings is 1. The molecule has 1 N–H and O–H groups in total. The molecule has 1 aliphatic rings. The van der Waals surface area contributed by atoms with E-state index in [1.807, 2.05) is 5.38 Å². The van der Waals surface area contributed by atoms with Crippen LogP contribution in [-0.4, -0.2) is 35.9 Å². The molecule has 1 aromatic heterocycles. The average Bonchev–Trinajstić information content (AvgIpc) is 3.08. The molecule has 1 aromatic carbocycles. The predicted molar refractivity (Wildman–Crippen MR) is 94.9 cm³/mol. The van der Waals surface area contributed by atoms with E-state index in [2.05, 4.69) is 15.2 Å². The summed E-state index contributed by atoms with van der Waals surface area (Å²) in [7, 11) is 1.69. The quantitative estimate of drug-likeness (QED) is 0.857. The minimum atomic E-state index is -0.274. The smallest absolute Gasteiger partial charge is 0.222 e. The van der Waals surface area contributed by atoms with Gasteiger partial charge < -0.3 is 10.1 Å². The van der Waals surface area contributed by atoms with E-state index in [0.29, 0.717) is 12.4 Å². The molecule has 0 unspecified atom stereocenters. The molecule has 0 saturated carbocycles. The molecule has 1 amide bonds. The summed E-state index contributed by atoms with van der Waals surface area (Å²) in [6.45, 7) is 3.01. The highest BCUT2D eigenvalue weighted by Crippen LogP contribution is 2.21. The van der Waals surface area contributed by atoms with Crippen LogP contribution in [0.1, 0.15) is 23.5 Å². The Bertz CT molecular complexity index is 697. The fourth-order valence-corrected chi connectivity index (χ4v) is 3.65. The first-order valence-corrected chi connectivity index (χ1v) is 9.27. The molecule has 0 bridgehead atoms. The fraction of sp³-hybridized carbons (Fsp3) is 0.444. The number of amides is 1. The molecule has 134 valence electrons. The summed E-state index contributed by atoms with van der Waals surface area (Å²) >= 11 is 1.57. The second-order valence-corrected chi connectivity index (χ2v) is 7.08. The van der Waals surface area contributed by atoms with Crippen LogP contribution in [0.2, 0.25) is 0 Å². The lowest BCUT2D eigenvalue weighted by Gasteiger charge is -2.30. The molecule has 0 radical (unpaired) electrons. The average molecular weight is 363 g/mol. The monoisotopic (exact) mass is 363 g/mol. The number of hydrogen-bond acceptors (Lipinski definition) is 5. The standard InChI is InChI=1S/C18H22FN3O2S/c1-20-18(23)13-6-8-22(9-7-13)10-15-12-25-17(21-15)11-24-16-4-2-14(19)3-5-16/h2-5,12-13H,6-11H2,1H3,(H,20,23). The molecule has 2 heterocycles. The summed E-state index contributed by atoms with van der Waals surface area (Å²) in [5.74, 6) is 0.642. The number of ether oxygens (including phenoxy) is 1. The molecule has 3 rings (SSSR count). The van der Waals surface area contributed by atoms with Gasteiger partial charge in [0.25, 0.3) is 0 Å². The lowest BCUT2D eigenvalue weighted by molar-refractivity contribution is -0.125. The summed E-state index contributed by atoms with van der Waals surface area (Å²) in [4.78, 5) is 18.6. The number of carbonyl (C=O) groups excluding carboxylic acids is 1. The van der Waals surface area contributed by atoms with E-state index in [4.69, 9.17) is 4.74 Å². The normalized spacial score (nSPS) is 15.9. The largest absolute Gasteiger partial charge is 0.486 e. The lowest BCUT2D eigenvalue weighted by Crippen LogP contribution is -2.39. The third kappa shape index (κ3) is 4.99. The van der Waals surface area contributed by atoms with Crippen LogP contribution in [0.4, 0.5) is 4.39 Å². The molecule has 1 saturated heterocycles. The van der Waals surface area contributed by atoms with Gasteiger partial charge in [0.15, 0.2) is 0 Å². The van der Waals surface area contributed by atoms with Crippen molar-refractivity contribution in [3.05, 3.63) is 46.2 Å². The molecule has 0 spiro atoms. The SMILES string of the molecule is CNC(=O)C1CCN(Cc2csc(COc3ccc(F)cc3)n2)CC1. The van der Waals surface area contributed by atoms with Crippen molar-refractivity contribution < 1.29 is 13.9 Å². The van der Waals surface area contributed by atoms with Crippen molar-refractivity contribution >= 4 is 17.2 Å². The third-order valence-corrected chi connectivity index (χ3v) is 5.24. The zero-order chi connectivity index (χ0) is 17.6. The van der Waals surface area contributed by atoms with Crippen molar-refractivity contribution in [3.63, 3.8) is 0 Å². The maximum atomic E-state index is 12.9. The Kier molecular flexibility index (Phi) is 5.99. The highest BCUT2D eigenvalue weighted by molar-refractivity contribution is 7.09. The Morgan fingerprint density at radius 3 is 2.76 bits per heavy atom. The summed E-state index contributed by atoms with van der Waals surface area (Å²) in [5.41, 5.74) is 1.03. The van der Waals surface area contributed by atoms with Gasteiger partial charge in [-0.1, -0.05) is 0 Å². The topological polar surface area (TPSA) is 54.5 Å². The van der Waals surface area contributed by atoms with Gasteiger partial charge in [0.1, 0.15) is 23.2 Å². The molecule has 25 heavy (non-hydrogen) atoms. The van der Waals surface area contributed by atoms with E-state index in [1.54, 1.807) is 30.5 Å². The first-order valence-electron chi connectivity index (χ1n) is 8.39. The summed E-state index contributed by atoms with van der Waals surface area (Å²) in [5, 5.41) is 5.68. The van der Waals surface area contributed by atoms with E-state index >= 15 is 0 Å². The zero-order valence-electron chi connectivity index (χ0n) is 14.2. The third-order valence-electron chi connectivity index (χ3n) is 4.37. The second-order valence-electron chi connectivity index (χ2n) is 6.14. The number of nitrogens with one attached hydrogen (secondary N) is 1. The van der Waals surface area contributed by atoms with E-state index in [0.717, 1.165) is 43.2 Å². The van der Waals surface area contributed by atoms with Gasteiger partial charge in [-0.15, -0.1) is 11.3 Å². The molecule has 2 aromatic rings. The number of hydrogen-bond donors (Lipinski definition) is 1. The van der Waals surface area contributed by atoms with Gasteiger partial charge in [-0.2, -0.15) is 0 Å². The molecule has 5 nitrogen and oxygen atoms in total. The number of halogens is 1. The van der Waals surface area contributed by atoms with Crippen LogP contribution < -0.4 is 10.1 Å². The Morgan fingerprint density at radius 2 is 2.08 bits per heavy atom. The Morgan fingerprint density at radius 1 is 1.36 bits per heavy atom. The molecule has 0 atom stereocenters. The van der Waals surface area contributed by atoms with Crippen LogP contribution in [-0.2, 0) is 17.9 Å². The predicted octanol–water partition coefficient (Wildman–Crippen LogP) is 2.82. The summed E-state index contributed by atoms with van der Waals surface area (Å²) in [6.07, 6.45) is 1.79. The van der Waals surface area contributed by atoms with Gasteiger partial charge in [-0.05, 0) is 50.2 Å². The molecule has 7 heteroatoms. The molecule has 1 aliphatic heterocycles. The maximum absolute atomic E-state index is 12.9. The van der Waals surface area contributed by atoms with Gasteiger partial charge >= 0.3 is 0 Å². The number of likely N-dealkylation sites (tertiary alicyclic amines) is 1. The highest BCUT2D eigenvalue weighted by Gasteiger charge is 2.24. The summed E-state index contributed by atoms with van der Waals surface area (Å²) < 4.78 is 18.5. The maximum Gasteiger partial charge on any atom is 0.222 e. The van der Waals surface area contributed by atoms with Crippen LogP contribution >= 0.6 is 11.3 Å². The molecule has 0 aliphatic carbocycles. The van der Waals surface area contributed by atoms with Crippen molar-refractivity contribution in [2.24, 2.45) is 5.92 Å². The number of rotatable bonds is 6. The minimum absolute atomic E-state index is 0.136. The Balaban J connectivity index is 1.46. The molecular weight excluding hydrogens is 341 g/mol. The zero-order valence-corrected chi connectivity index (χ0v) is 15.0. The number of aromatic nitrogens is 1. The van der Waals surface area contributed by atoms with Crippen LogP contribution in [0.5, 0.6) is 5.75 Å². The molecule has 1 fully saturated rings. The molecular formula is C18H22FN3O2S. The van der Waals surface area contributed by atoms with Crippen LogP contribution in [0.3, 0.4) is 0 Å². The van der Waals surface area contributed by atoms with Gasteiger partial charge in [-0.3, -0.25) is 9.69 Å². The van der Waals surface area contributed by atoms with E-state index in [1.165, 1.54) is 12.1 Å². The lowest BCUT2D eigenvalue weighted by atomic mass is 9.96. The van der Waals surface area contributed by atoms with Gasteiger partial charge in [0.05, 0.1) is 5.69 Å². The second kappa shape index (κ2) is 8.40. The minimum Gasteiger partial charge on any atom is -0.486 e. The van der Waals surface area contributed by atoms with Gasteiger partial charge in [0.2, 0.25) is 5.91 Å². The van der Waals surface area contributed by atoms with Gasteiger partial charge in [0, 0.05) is 24.9 Å². The van der Waals surface area contributed by atoms with Gasteiger partial charge in [-0.25, -0.2) is 9.37 Å². The van der Waals surface area contributed by atoms with Crippen molar-refractivity contribution in [1.82, 2.24) is 15.2 Å². The number of thiazole rings is 1. The van der Waals surface area contributed by atoms with Crippen LogP contribution in [0.15, 0.2) is 29.6 Å². The number of carbonyl (C=O) groups is 1. The van der Waals surface area contributed by atoms with Crippen molar-refractivity contribution in [2.45, 2.75) is 26.0 Å². The number of nitrogens with zero attached hydrogens (tertiary/aromatic N) is 2. The van der Waals surface area contributed by atoms with Crippen molar-refractivity contribution in [1.29, 1.82) is 0 Å². The highest BCUT2D eigenvalue weighted by atomic mass is 32.1. The van der Waals surface area contributed by atoms with Crippen LogP contribution in [0.25, 0.3) is 0 Å². The van der Waals surface area contributed by atoms with Crippen molar-refractivity contribution in [2.75, 3.05) is 20.1 Å². The Hall–Kier alpha value is -1.99. The number of benzene rings is 1. The Labute approximate surface area is 150 Å². The van der Waals surface area contributed by atoms with E-state index < -0.39 is 0 Å². The van der Waals surface area contributed by atoms with Crippen LogP contribution in [0, 0.1) is 11.7 Å². The van der Waals surface area contributed by atoms with Crippen molar-refractivity contribution in [3.8, 4) is 5.75 Å². The fourth-order valence-electron chi connectivity index (χ4n) is 2.95. The first-order chi connectivity index (χ1) is 12.1. The first kappa shape index (κ1) is 17.8. The van der Waals surface area contributed by atoms with E-state index in [-0.39, 0.29) is 17.6 Å². The summed E-state index contributed by atoms with van der Waals surface area (Å²) in [6, 6.07) is 5.98.